The third kappa shape index (κ3) is 2.26. The molecule has 0 aromatic heterocycles. The minimum Gasteiger partial charge on any atom is -0.366 e. The van der Waals surface area contributed by atoms with Crippen molar-refractivity contribution in [2.45, 2.75) is 57.7 Å². The molecule has 0 radical (unpaired) electrons. The van der Waals surface area contributed by atoms with Crippen LogP contribution in [0.3, 0.4) is 0 Å². The predicted molar refractivity (Wildman–Crippen MR) is 77.0 cm³/mol. The lowest BCUT2D eigenvalue weighted by atomic mass is 10.0. The van der Waals surface area contributed by atoms with Crippen LogP contribution in [-0.2, 0) is 6.54 Å². The number of nitrogens with zero attached hydrogens (tertiary/aromatic N) is 1. The van der Waals surface area contributed by atoms with E-state index in [1.165, 1.54) is 36.9 Å². The average molecular weight is 244 g/mol. The number of nitrogens with one attached hydrogen (secondary N) is 1. The summed E-state index contributed by atoms with van der Waals surface area (Å²) in [5.41, 5.74) is 3.11. The minimum absolute atomic E-state index is 0.196. The molecule has 0 saturated heterocycles. The maximum Gasteiger partial charge on any atom is 0.0414 e. The Kier molecular flexibility index (Phi) is 3.06. The molecule has 0 atom stereocenters. The highest BCUT2D eigenvalue weighted by Crippen LogP contribution is 2.33. The number of para-hydroxylation sites is 1. The largest absolute Gasteiger partial charge is 0.366 e. The van der Waals surface area contributed by atoms with Gasteiger partial charge in [0.25, 0.3) is 0 Å². The fraction of sp³-hybridized carbons (Fsp3) is 0.625. The highest BCUT2D eigenvalue weighted by molar-refractivity contribution is 5.56. The Labute approximate surface area is 110 Å². The molecule has 2 aliphatic rings. The number of rotatable bonds is 1. The van der Waals surface area contributed by atoms with E-state index < -0.39 is 0 Å². The van der Waals surface area contributed by atoms with Gasteiger partial charge in [-0.1, -0.05) is 31.0 Å². The first-order valence-electron chi connectivity index (χ1n) is 7.25. The standard InChI is InChI=1S/C16H24N2/c1-16(2)12-18(14-8-4-5-9-14)15-10-6-3-7-13(15)11-17-16/h3,6-7,10,14,17H,4-5,8-9,11-12H2,1-2H3. The SMILES string of the molecule is CC1(C)CN(C2CCCC2)c2ccccc2CN1. The Hall–Kier alpha value is -1.02. The Bertz CT molecular complexity index is 419. The molecule has 0 amide bonds. The van der Waals surface area contributed by atoms with E-state index in [0.717, 1.165) is 19.1 Å². The van der Waals surface area contributed by atoms with Gasteiger partial charge in [-0.2, -0.15) is 0 Å². The van der Waals surface area contributed by atoms with Crippen molar-refractivity contribution < 1.29 is 0 Å². The highest BCUT2D eigenvalue weighted by Gasteiger charge is 2.31. The molecule has 1 heterocycles. The van der Waals surface area contributed by atoms with E-state index in [9.17, 15) is 0 Å². The molecule has 0 bridgehead atoms. The molecule has 1 aliphatic heterocycles. The fourth-order valence-electron chi connectivity index (χ4n) is 3.38. The monoisotopic (exact) mass is 244 g/mol. The summed E-state index contributed by atoms with van der Waals surface area (Å²) in [5.74, 6) is 0. The lowest BCUT2D eigenvalue weighted by Gasteiger charge is -2.36. The third-order valence-corrected chi connectivity index (χ3v) is 4.39. The molecule has 18 heavy (non-hydrogen) atoms. The molecule has 1 aliphatic carbocycles. The topological polar surface area (TPSA) is 15.3 Å². The second kappa shape index (κ2) is 4.58. The van der Waals surface area contributed by atoms with Crippen LogP contribution < -0.4 is 10.2 Å². The van der Waals surface area contributed by atoms with Crippen molar-refractivity contribution in [3.63, 3.8) is 0 Å². The molecule has 1 saturated carbocycles. The molecule has 1 N–H and O–H groups in total. The van der Waals surface area contributed by atoms with Gasteiger partial charge in [-0.3, -0.25) is 0 Å². The average Bonchev–Trinajstić information content (AvgIpc) is 2.84. The molecule has 1 fully saturated rings. The first-order valence-corrected chi connectivity index (χ1v) is 7.25. The van der Waals surface area contributed by atoms with Crippen molar-refractivity contribution in [3.05, 3.63) is 29.8 Å². The molecule has 0 unspecified atom stereocenters. The van der Waals surface area contributed by atoms with E-state index in [1.807, 2.05) is 0 Å². The van der Waals surface area contributed by atoms with Gasteiger partial charge in [-0.05, 0) is 38.3 Å². The molecule has 2 nitrogen and oxygen atoms in total. The summed E-state index contributed by atoms with van der Waals surface area (Å²) in [4.78, 5) is 2.67. The van der Waals surface area contributed by atoms with Gasteiger partial charge >= 0.3 is 0 Å². The van der Waals surface area contributed by atoms with Gasteiger partial charge < -0.3 is 10.2 Å². The van der Waals surface area contributed by atoms with Gasteiger partial charge in [0.15, 0.2) is 0 Å². The normalized spacial score (nSPS) is 23.8. The van der Waals surface area contributed by atoms with Crippen LogP contribution in [0, 0.1) is 0 Å². The van der Waals surface area contributed by atoms with Gasteiger partial charge in [-0.25, -0.2) is 0 Å². The van der Waals surface area contributed by atoms with Crippen LogP contribution in [0.15, 0.2) is 24.3 Å². The second-order valence-corrected chi connectivity index (χ2v) is 6.43. The van der Waals surface area contributed by atoms with Crippen molar-refractivity contribution in [2.24, 2.45) is 0 Å². The maximum atomic E-state index is 3.69. The van der Waals surface area contributed by atoms with Crippen LogP contribution in [-0.4, -0.2) is 18.1 Å². The lowest BCUT2D eigenvalue weighted by Crippen LogP contribution is -2.49. The molecule has 98 valence electrons. The van der Waals surface area contributed by atoms with Gasteiger partial charge in [0.05, 0.1) is 0 Å². The molecule has 3 rings (SSSR count). The molecule has 0 spiro atoms. The fourth-order valence-corrected chi connectivity index (χ4v) is 3.38. The number of anilines is 1. The summed E-state index contributed by atoms with van der Waals surface area (Å²) in [6, 6.07) is 9.66. The van der Waals surface area contributed by atoms with Crippen LogP contribution >= 0.6 is 0 Å². The summed E-state index contributed by atoms with van der Waals surface area (Å²) >= 11 is 0. The van der Waals surface area contributed by atoms with Gasteiger partial charge in [0.2, 0.25) is 0 Å². The summed E-state index contributed by atoms with van der Waals surface area (Å²) in [5, 5.41) is 3.69. The number of hydrogen-bond donors (Lipinski definition) is 1. The van der Waals surface area contributed by atoms with Crippen molar-refractivity contribution in [2.75, 3.05) is 11.4 Å². The predicted octanol–water partition coefficient (Wildman–Crippen LogP) is 3.32. The summed E-state index contributed by atoms with van der Waals surface area (Å²) in [6.07, 6.45) is 5.53. The first-order chi connectivity index (χ1) is 8.66. The van der Waals surface area contributed by atoms with Crippen LogP contribution in [0.4, 0.5) is 5.69 Å². The van der Waals surface area contributed by atoms with E-state index in [4.69, 9.17) is 0 Å². The Morgan fingerprint density at radius 2 is 1.89 bits per heavy atom. The van der Waals surface area contributed by atoms with Crippen molar-refractivity contribution >= 4 is 5.69 Å². The molecule has 1 aromatic rings. The second-order valence-electron chi connectivity index (χ2n) is 6.43. The molecule has 1 aromatic carbocycles. The van der Waals surface area contributed by atoms with E-state index in [2.05, 4.69) is 48.3 Å². The summed E-state index contributed by atoms with van der Waals surface area (Å²) < 4.78 is 0. The zero-order valence-electron chi connectivity index (χ0n) is 11.6. The molecule has 2 heteroatoms. The van der Waals surface area contributed by atoms with E-state index in [0.29, 0.717) is 0 Å². The van der Waals surface area contributed by atoms with Gasteiger partial charge in [-0.15, -0.1) is 0 Å². The highest BCUT2D eigenvalue weighted by atomic mass is 15.2. The molecular formula is C16H24N2. The maximum absolute atomic E-state index is 3.69. The van der Waals surface area contributed by atoms with E-state index in [-0.39, 0.29) is 5.54 Å². The number of fused-ring (bicyclic) bond motifs is 1. The third-order valence-electron chi connectivity index (χ3n) is 4.39. The van der Waals surface area contributed by atoms with Crippen LogP contribution in [0.5, 0.6) is 0 Å². The van der Waals surface area contributed by atoms with Crippen LogP contribution in [0.2, 0.25) is 0 Å². The van der Waals surface area contributed by atoms with E-state index >= 15 is 0 Å². The molecular weight excluding hydrogens is 220 g/mol. The van der Waals surface area contributed by atoms with Gasteiger partial charge in [0.1, 0.15) is 0 Å². The van der Waals surface area contributed by atoms with Gasteiger partial charge in [0, 0.05) is 30.4 Å². The van der Waals surface area contributed by atoms with E-state index in [1.54, 1.807) is 0 Å². The number of hydrogen-bond acceptors (Lipinski definition) is 2. The summed E-state index contributed by atoms with van der Waals surface area (Å²) in [7, 11) is 0. The van der Waals surface area contributed by atoms with Crippen molar-refractivity contribution in [1.29, 1.82) is 0 Å². The van der Waals surface area contributed by atoms with Crippen LogP contribution in [0.25, 0.3) is 0 Å². The Morgan fingerprint density at radius 1 is 1.17 bits per heavy atom. The summed E-state index contributed by atoms with van der Waals surface area (Å²) in [6.45, 7) is 6.75. The lowest BCUT2D eigenvalue weighted by molar-refractivity contribution is 0.383. The minimum atomic E-state index is 0.196. The van der Waals surface area contributed by atoms with Crippen LogP contribution in [0.1, 0.15) is 45.1 Å². The number of benzene rings is 1. The Balaban J connectivity index is 1.97. The Morgan fingerprint density at radius 3 is 2.67 bits per heavy atom. The quantitative estimate of drug-likeness (QED) is 0.815. The van der Waals surface area contributed by atoms with Crippen molar-refractivity contribution in [1.82, 2.24) is 5.32 Å². The van der Waals surface area contributed by atoms with Crippen molar-refractivity contribution in [3.8, 4) is 0 Å². The zero-order chi connectivity index (χ0) is 12.6. The first kappa shape index (κ1) is 12.0. The smallest absolute Gasteiger partial charge is 0.0414 e. The zero-order valence-corrected chi connectivity index (χ0v) is 11.6.